The minimum absolute atomic E-state index is 0.119. The number of rotatable bonds is 4. The van der Waals surface area contributed by atoms with E-state index in [1.165, 1.54) is 0 Å². The Morgan fingerprint density at radius 1 is 1.30 bits per heavy atom. The highest BCUT2D eigenvalue weighted by Crippen LogP contribution is 2.37. The van der Waals surface area contributed by atoms with Crippen molar-refractivity contribution in [2.45, 2.75) is 77.4 Å². The number of nitrogens with one attached hydrogen (secondary N) is 1. The third kappa shape index (κ3) is 7.14. The highest BCUT2D eigenvalue weighted by atomic mass is 19.3. The van der Waals surface area contributed by atoms with Gasteiger partial charge in [0.2, 0.25) is 5.92 Å². The number of carbonyl (C=O) groups excluding carboxylic acids is 2. The van der Waals surface area contributed by atoms with Gasteiger partial charge in [0.05, 0.1) is 6.61 Å². The van der Waals surface area contributed by atoms with Crippen molar-refractivity contribution < 1.29 is 27.8 Å². The molecule has 0 bridgehead atoms. The van der Waals surface area contributed by atoms with Crippen molar-refractivity contribution in [3.05, 3.63) is 0 Å². The molecule has 1 aliphatic rings. The molecule has 0 aliphatic heterocycles. The Morgan fingerprint density at radius 2 is 1.96 bits per heavy atom. The molecular formula is C16H27F2NO4. The number of amides is 1. The van der Waals surface area contributed by atoms with E-state index in [1.54, 1.807) is 27.7 Å². The zero-order chi connectivity index (χ0) is 17.7. The van der Waals surface area contributed by atoms with Crippen LogP contribution < -0.4 is 5.32 Å². The van der Waals surface area contributed by atoms with Crippen LogP contribution in [0.4, 0.5) is 13.6 Å². The number of esters is 1. The lowest BCUT2D eigenvalue weighted by Gasteiger charge is -2.28. The minimum atomic E-state index is -2.83. The van der Waals surface area contributed by atoms with Crippen molar-refractivity contribution in [1.29, 1.82) is 0 Å². The van der Waals surface area contributed by atoms with Gasteiger partial charge in [0.1, 0.15) is 11.6 Å². The number of alkyl halides is 2. The van der Waals surface area contributed by atoms with Crippen LogP contribution >= 0.6 is 0 Å². The van der Waals surface area contributed by atoms with E-state index < -0.39 is 42.0 Å². The molecule has 1 N–H and O–H groups in total. The van der Waals surface area contributed by atoms with E-state index in [1.807, 2.05) is 0 Å². The molecule has 7 heteroatoms. The Labute approximate surface area is 136 Å². The second-order valence-electron chi connectivity index (χ2n) is 6.94. The predicted molar refractivity (Wildman–Crippen MR) is 81.3 cm³/mol. The van der Waals surface area contributed by atoms with E-state index >= 15 is 0 Å². The first kappa shape index (κ1) is 19.6. The van der Waals surface area contributed by atoms with Crippen LogP contribution in [0.1, 0.15) is 59.8 Å². The number of hydrogen-bond donors (Lipinski definition) is 1. The Bertz CT molecular complexity index is 421. The van der Waals surface area contributed by atoms with Gasteiger partial charge in [0, 0.05) is 12.8 Å². The van der Waals surface area contributed by atoms with Gasteiger partial charge in [-0.25, -0.2) is 18.4 Å². The van der Waals surface area contributed by atoms with Gasteiger partial charge in [-0.15, -0.1) is 0 Å². The summed E-state index contributed by atoms with van der Waals surface area (Å²) in [6.07, 6.45) is 0.00713. The van der Waals surface area contributed by atoms with Crippen LogP contribution in [0.3, 0.4) is 0 Å². The Balaban J connectivity index is 2.86. The first-order valence-corrected chi connectivity index (χ1v) is 8.08. The summed E-state index contributed by atoms with van der Waals surface area (Å²) in [5.74, 6) is -4.19. The zero-order valence-corrected chi connectivity index (χ0v) is 14.3. The first-order valence-electron chi connectivity index (χ1n) is 8.08. The molecule has 0 aromatic heterocycles. The van der Waals surface area contributed by atoms with Gasteiger partial charge in [0.25, 0.3) is 0 Å². The number of carbonyl (C=O) groups is 2. The number of alkyl carbamates (subject to hydrolysis) is 1. The van der Waals surface area contributed by atoms with Crippen molar-refractivity contribution in [3.8, 4) is 0 Å². The molecule has 0 radical (unpaired) electrons. The van der Waals surface area contributed by atoms with Crippen molar-refractivity contribution in [2.24, 2.45) is 5.92 Å². The lowest BCUT2D eigenvalue weighted by molar-refractivity contribution is -0.148. The molecule has 0 aromatic rings. The van der Waals surface area contributed by atoms with Gasteiger partial charge >= 0.3 is 12.1 Å². The SMILES string of the molecule is CCOC(=O)[C@@H](NC(=O)OC(C)(C)C)[C@H]1CCCCC(F)(F)C1. The third-order valence-corrected chi connectivity index (χ3v) is 3.61. The quantitative estimate of drug-likeness (QED) is 0.629. The average Bonchev–Trinajstić information content (AvgIpc) is 2.55. The summed E-state index contributed by atoms with van der Waals surface area (Å²) in [5, 5.41) is 2.42. The minimum Gasteiger partial charge on any atom is -0.464 e. The van der Waals surface area contributed by atoms with Crippen LogP contribution in [0.5, 0.6) is 0 Å². The lowest BCUT2D eigenvalue weighted by atomic mass is 9.90. The Kier molecular flexibility index (Phi) is 6.77. The molecule has 5 nitrogen and oxygen atoms in total. The molecule has 1 fully saturated rings. The number of hydrogen-bond acceptors (Lipinski definition) is 4. The van der Waals surface area contributed by atoms with Crippen molar-refractivity contribution in [3.63, 3.8) is 0 Å². The van der Waals surface area contributed by atoms with Gasteiger partial charge < -0.3 is 14.8 Å². The molecule has 23 heavy (non-hydrogen) atoms. The van der Waals surface area contributed by atoms with E-state index in [0.29, 0.717) is 19.3 Å². The van der Waals surface area contributed by atoms with Crippen molar-refractivity contribution in [1.82, 2.24) is 5.32 Å². The molecule has 1 amide bonds. The summed E-state index contributed by atoms with van der Waals surface area (Å²) < 4.78 is 37.7. The average molecular weight is 335 g/mol. The Hall–Kier alpha value is -1.40. The lowest BCUT2D eigenvalue weighted by Crippen LogP contribution is -2.49. The fourth-order valence-electron chi connectivity index (χ4n) is 2.70. The van der Waals surface area contributed by atoms with Gasteiger partial charge in [-0.1, -0.05) is 6.42 Å². The molecule has 0 saturated heterocycles. The van der Waals surface area contributed by atoms with Gasteiger partial charge in [-0.2, -0.15) is 0 Å². The van der Waals surface area contributed by atoms with Crippen LogP contribution in [0.15, 0.2) is 0 Å². The zero-order valence-electron chi connectivity index (χ0n) is 14.3. The van der Waals surface area contributed by atoms with Crippen LogP contribution in [-0.2, 0) is 14.3 Å². The maximum Gasteiger partial charge on any atom is 0.408 e. The molecule has 0 heterocycles. The van der Waals surface area contributed by atoms with Gasteiger partial charge in [-0.3, -0.25) is 0 Å². The van der Waals surface area contributed by atoms with Crippen molar-refractivity contribution >= 4 is 12.1 Å². The summed E-state index contributed by atoms with van der Waals surface area (Å²) in [6, 6.07) is -1.12. The summed E-state index contributed by atoms with van der Waals surface area (Å²) in [5.41, 5.74) is -0.739. The molecule has 1 aliphatic carbocycles. The van der Waals surface area contributed by atoms with Gasteiger partial charge in [0.15, 0.2) is 0 Å². The summed E-state index contributed by atoms with van der Waals surface area (Å²) >= 11 is 0. The summed E-state index contributed by atoms with van der Waals surface area (Å²) in [6.45, 7) is 6.81. The molecule has 0 spiro atoms. The fraction of sp³-hybridized carbons (Fsp3) is 0.875. The summed E-state index contributed by atoms with van der Waals surface area (Å²) in [7, 11) is 0. The van der Waals surface area contributed by atoms with E-state index in [2.05, 4.69) is 5.32 Å². The maximum atomic E-state index is 13.8. The molecule has 0 unspecified atom stereocenters. The van der Waals surface area contributed by atoms with Crippen LogP contribution in [0.25, 0.3) is 0 Å². The van der Waals surface area contributed by atoms with Crippen molar-refractivity contribution in [2.75, 3.05) is 6.61 Å². The molecule has 0 aromatic carbocycles. The van der Waals surface area contributed by atoms with Crippen LogP contribution in [0.2, 0.25) is 0 Å². The summed E-state index contributed by atoms with van der Waals surface area (Å²) in [4.78, 5) is 24.1. The predicted octanol–water partition coefficient (Wildman–Crippen LogP) is 3.66. The second kappa shape index (κ2) is 7.93. The normalized spacial score (nSPS) is 22.6. The number of ether oxygens (including phenoxy) is 2. The second-order valence-corrected chi connectivity index (χ2v) is 6.94. The van der Waals surface area contributed by atoms with E-state index in [-0.39, 0.29) is 13.0 Å². The Morgan fingerprint density at radius 3 is 2.52 bits per heavy atom. The first-order chi connectivity index (χ1) is 10.5. The third-order valence-electron chi connectivity index (χ3n) is 3.61. The smallest absolute Gasteiger partial charge is 0.408 e. The topological polar surface area (TPSA) is 64.6 Å². The highest BCUT2D eigenvalue weighted by Gasteiger charge is 2.41. The molecular weight excluding hydrogens is 308 g/mol. The molecule has 1 saturated carbocycles. The standard InChI is InChI=1S/C16H27F2NO4/c1-5-22-13(20)12(19-14(21)23-15(2,3)4)11-8-6-7-9-16(17,18)10-11/h11-12H,5-10H2,1-4H3,(H,19,21)/t11-,12-/m0/s1. The molecule has 2 atom stereocenters. The maximum absolute atomic E-state index is 13.8. The largest absolute Gasteiger partial charge is 0.464 e. The van der Waals surface area contributed by atoms with E-state index in [4.69, 9.17) is 9.47 Å². The monoisotopic (exact) mass is 335 g/mol. The number of halogens is 2. The highest BCUT2D eigenvalue weighted by molar-refractivity contribution is 5.81. The van der Waals surface area contributed by atoms with Crippen LogP contribution in [0, 0.1) is 5.92 Å². The fourth-order valence-corrected chi connectivity index (χ4v) is 2.70. The van der Waals surface area contributed by atoms with Crippen LogP contribution in [-0.4, -0.2) is 36.2 Å². The molecule has 1 rings (SSSR count). The van der Waals surface area contributed by atoms with Gasteiger partial charge in [-0.05, 0) is 46.5 Å². The molecule has 134 valence electrons. The van der Waals surface area contributed by atoms with E-state index in [0.717, 1.165) is 0 Å². The van der Waals surface area contributed by atoms with E-state index in [9.17, 15) is 18.4 Å².